The molecule has 0 bridgehead atoms. The van der Waals surface area contributed by atoms with Gasteiger partial charge in [-0.1, -0.05) is 12.1 Å². The van der Waals surface area contributed by atoms with Crippen LogP contribution in [0.25, 0.3) is 11.1 Å². The molecule has 11 nitrogen and oxygen atoms in total. The molecular formula is C36H45N3O8S. The predicted molar refractivity (Wildman–Crippen MR) is 189 cm³/mol. The van der Waals surface area contributed by atoms with E-state index in [9.17, 15) is 14.4 Å². The van der Waals surface area contributed by atoms with Gasteiger partial charge < -0.3 is 39.6 Å². The number of ether oxygens (including phenoxy) is 5. The third-order valence-electron chi connectivity index (χ3n) is 8.33. The standard InChI is InChI=1S/C36H45N3O8S/c1-21(40)38-26-11-9-23-19-32(45-4)34(46-5)35(47-6)33(23)24-10-12-27(29(41)20-25(24)26)39-28(15-17-48-7)36(42)37-16-14-22-8-13-30(43-2)31(18-22)44-3/h8,10,12-13,18-20,26,28H,9,11,14-17H2,1-7H3,(H,37,42)(H,38,40)(H,39,41). The second-order valence-electron chi connectivity index (χ2n) is 11.3. The number of methoxy groups -OCH3 is 5. The van der Waals surface area contributed by atoms with Gasteiger partial charge in [0.2, 0.25) is 23.0 Å². The molecule has 3 N–H and O–H groups in total. The summed E-state index contributed by atoms with van der Waals surface area (Å²) in [6, 6.07) is 11.5. The van der Waals surface area contributed by atoms with Crippen LogP contribution in [0.2, 0.25) is 0 Å². The van der Waals surface area contributed by atoms with Crippen molar-refractivity contribution in [3.05, 3.63) is 69.4 Å². The zero-order chi connectivity index (χ0) is 34.8. The zero-order valence-electron chi connectivity index (χ0n) is 28.6. The molecule has 2 unspecified atom stereocenters. The first-order chi connectivity index (χ1) is 23.2. The van der Waals surface area contributed by atoms with Crippen LogP contribution >= 0.6 is 11.8 Å². The number of nitrogens with one attached hydrogen (secondary N) is 3. The monoisotopic (exact) mass is 679 g/mol. The summed E-state index contributed by atoms with van der Waals surface area (Å²) in [4.78, 5) is 39.6. The van der Waals surface area contributed by atoms with Gasteiger partial charge in [0.15, 0.2) is 23.0 Å². The minimum atomic E-state index is -0.657. The van der Waals surface area contributed by atoms with E-state index >= 15 is 0 Å². The van der Waals surface area contributed by atoms with E-state index in [2.05, 4.69) is 16.0 Å². The molecule has 258 valence electrons. The van der Waals surface area contributed by atoms with Gasteiger partial charge in [-0.25, -0.2) is 0 Å². The van der Waals surface area contributed by atoms with E-state index in [4.69, 9.17) is 23.7 Å². The maximum atomic E-state index is 13.9. The van der Waals surface area contributed by atoms with Gasteiger partial charge in [0.05, 0.1) is 47.3 Å². The molecule has 0 aliphatic heterocycles. The van der Waals surface area contributed by atoms with Crippen molar-refractivity contribution in [1.82, 2.24) is 10.6 Å². The quantitative estimate of drug-likeness (QED) is 0.206. The number of fused-ring (bicyclic) bond motifs is 3. The fourth-order valence-electron chi connectivity index (χ4n) is 6.01. The van der Waals surface area contributed by atoms with E-state index in [-0.39, 0.29) is 22.9 Å². The van der Waals surface area contributed by atoms with Crippen LogP contribution in [0.3, 0.4) is 0 Å². The largest absolute Gasteiger partial charge is 0.493 e. The van der Waals surface area contributed by atoms with Gasteiger partial charge in [-0.15, -0.1) is 0 Å². The molecule has 2 amide bonds. The molecule has 0 radical (unpaired) electrons. The van der Waals surface area contributed by atoms with Crippen LogP contribution in [0.4, 0.5) is 5.69 Å². The highest BCUT2D eigenvalue weighted by Gasteiger charge is 2.30. The first kappa shape index (κ1) is 36.3. The number of rotatable bonds is 15. The summed E-state index contributed by atoms with van der Waals surface area (Å²) in [6.45, 7) is 1.85. The molecule has 2 atom stereocenters. The fourth-order valence-corrected chi connectivity index (χ4v) is 6.48. The maximum absolute atomic E-state index is 13.9. The third-order valence-corrected chi connectivity index (χ3v) is 8.98. The molecule has 0 fully saturated rings. The Hall–Kier alpha value is -4.58. The fraction of sp³-hybridized carbons (Fsp3) is 0.417. The number of benzene rings is 2. The Morgan fingerprint density at radius 2 is 1.62 bits per heavy atom. The van der Waals surface area contributed by atoms with Crippen LogP contribution in [0.5, 0.6) is 28.7 Å². The molecule has 3 aromatic carbocycles. The number of carbonyl (C=O) groups excluding carboxylic acids is 2. The lowest BCUT2D eigenvalue weighted by Crippen LogP contribution is -2.41. The molecule has 0 saturated heterocycles. The SMILES string of the molecule is COc1ccc(CCNC(=O)C(CCSC)Nc2ccc3c(cc2=O)C(NC(C)=O)CCc2cc(OC)c(OC)c(OC)c2-3)cc1OC. The lowest BCUT2D eigenvalue weighted by Gasteiger charge is -2.19. The highest BCUT2D eigenvalue weighted by atomic mass is 32.2. The van der Waals surface area contributed by atoms with Gasteiger partial charge in [-0.2, -0.15) is 11.8 Å². The number of hydrogen-bond donors (Lipinski definition) is 3. The Morgan fingerprint density at radius 3 is 2.27 bits per heavy atom. The number of hydrogen-bond acceptors (Lipinski definition) is 10. The van der Waals surface area contributed by atoms with Gasteiger partial charge in [0, 0.05) is 19.0 Å². The van der Waals surface area contributed by atoms with Crippen LogP contribution in [0.15, 0.2) is 47.3 Å². The van der Waals surface area contributed by atoms with Gasteiger partial charge in [-0.05, 0) is 90.3 Å². The summed E-state index contributed by atoms with van der Waals surface area (Å²) in [6.07, 6.45) is 4.20. The van der Waals surface area contributed by atoms with Crippen LogP contribution in [-0.4, -0.2) is 72.0 Å². The average Bonchev–Trinajstić information content (AvgIpc) is 3.33. The Labute approximate surface area is 286 Å². The smallest absolute Gasteiger partial charge is 0.242 e. The number of anilines is 1. The Bertz CT molecular complexity index is 1680. The van der Waals surface area contributed by atoms with Gasteiger partial charge >= 0.3 is 0 Å². The van der Waals surface area contributed by atoms with Gasteiger partial charge in [0.1, 0.15) is 6.04 Å². The topological polar surface area (TPSA) is 133 Å². The van der Waals surface area contributed by atoms with E-state index in [1.807, 2.05) is 36.6 Å². The summed E-state index contributed by atoms with van der Waals surface area (Å²) in [5.41, 5.74) is 3.99. The summed E-state index contributed by atoms with van der Waals surface area (Å²) >= 11 is 1.62. The molecule has 4 rings (SSSR count). The number of carbonyl (C=O) groups is 2. The molecule has 3 aromatic rings. The van der Waals surface area contributed by atoms with E-state index in [0.29, 0.717) is 77.9 Å². The van der Waals surface area contributed by atoms with E-state index in [0.717, 1.165) is 16.7 Å². The van der Waals surface area contributed by atoms with Crippen molar-refractivity contribution in [2.24, 2.45) is 0 Å². The normalized spacial score (nSPS) is 13.9. The molecule has 0 heterocycles. The Morgan fingerprint density at radius 1 is 0.896 bits per heavy atom. The number of amides is 2. The molecule has 0 saturated carbocycles. The van der Waals surface area contributed by atoms with Crippen LogP contribution in [0.1, 0.15) is 42.5 Å². The first-order valence-electron chi connectivity index (χ1n) is 15.7. The van der Waals surface area contributed by atoms with Crippen molar-refractivity contribution in [3.8, 4) is 39.9 Å². The second-order valence-corrected chi connectivity index (χ2v) is 12.3. The van der Waals surface area contributed by atoms with E-state index in [1.165, 1.54) is 6.92 Å². The summed E-state index contributed by atoms with van der Waals surface area (Å²) in [5, 5.41) is 9.28. The number of aryl methyl sites for hydroxylation is 1. The molecule has 12 heteroatoms. The summed E-state index contributed by atoms with van der Waals surface area (Å²) in [5.74, 6) is 2.97. The van der Waals surface area contributed by atoms with Crippen molar-refractivity contribution in [2.75, 3.05) is 59.4 Å². The molecule has 48 heavy (non-hydrogen) atoms. The lowest BCUT2D eigenvalue weighted by molar-refractivity contribution is -0.122. The Balaban J connectivity index is 1.69. The van der Waals surface area contributed by atoms with Crippen molar-refractivity contribution >= 4 is 29.3 Å². The van der Waals surface area contributed by atoms with Crippen molar-refractivity contribution in [2.45, 2.75) is 44.7 Å². The van der Waals surface area contributed by atoms with Gasteiger partial charge in [0.25, 0.3) is 0 Å². The Kier molecular flexibility index (Phi) is 12.8. The number of thioether (sulfide) groups is 1. The predicted octanol–water partition coefficient (Wildman–Crippen LogP) is 4.77. The van der Waals surface area contributed by atoms with E-state index in [1.54, 1.807) is 59.4 Å². The molecule has 1 aliphatic carbocycles. The van der Waals surface area contributed by atoms with Crippen LogP contribution < -0.4 is 45.1 Å². The van der Waals surface area contributed by atoms with Crippen LogP contribution in [-0.2, 0) is 22.4 Å². The second kappa shape index (κ2) is 17.0. The molecular weight excluding hydrogens is 634 g/mol. The third kappa shape index (κ3) is 8.28. The summed E-state index contributed by atoms with van der Waals surface area (Å²) in [7, 11) is 7.83. The van der Waals surface area contributed by atoms with Gasteiger partial charge in [-0.3, -0.25) is 14.4 Å². The lowest BCUT2D eigenvalue weighted by atomic mass is 9.95. The average molecular weight is 680 g/mol. The highest BCUT2D eigenvalue weighted by molar-refractivity contribution is 7.98. The molecule has 1 aliphatic rings. The zero-order valence-corrected chi connectivity index (χ0v) is 29.4. The molecule has 0 spiro atoms. The van der Waals surface area contributed by atoms with E-state index < -0.39 is 12.1 Å². The minimum Gasteiger partial charge on any atom is -0.493 e. The van der Waals surface area contributed by atoms with Crippen molar-refractivity contribution < 1.29 is 33.3 Å². The first-order valence-corrected chi connectivity index (χ1v) is 17.1. The van der Waals surface area contributed by atoms with Crippen molar-refractivity contribution in [1.29, 1.82) is 0 Å². The maximum Gasteiger partial charge on any atom is 0.242 e. The summed E-state index contributed by atoms with van der Waals surface area (Å²) < 4.78 is 27.9. The van der Waals surface area contributed by atoms with Crippen LogP contribution in [0, 0.1) is 0 Å². The minimum absolute atomic E-state index is 0.210. The highest BCUT2D eigenvalue weighted by Crippen LogP contribution is 2.50. The molecule has 0 aromatic heterocycles. The van der Waals surface area contributed by atoms with Crippen molar-refractivity contribution in [3.63, 3.8) is 0 Å².